The number of urea groups is 1. The van der Waals surface area contributed by atoms with Crippen LogP contribution in [0.15, 0.2) is 42.5 Å². The molecule has 1 heterocycles. The molecule has 3 N–H and O–H groups in total. The first kappa shape index (κ1) is 19.0. The van der Waals surface area contributed by atoms with Gasteiger partial charge in [0.1, 0.15) is 11.6 Å². The molecule has 0 bridgehead atoms. The second kappa shape index (κ2) is 8.26. The van der Waals surface area contributed by atoms with E-state index in [0.717, 1.165) is 0 Å². The van der Waals surface area contributed by atoms with Crippen LogP contribution in [0.1, 0.15) is 17.9 Å². The Morgan fingerprint density at radius 1 is 1.26 bits per heavy atom. The molecule has 2 atom stereocenters. The van der Waals surface area contributed by atoms with E-state index in [1.807, 2.05) is 0 Å². The Bertz CT molecular complexity index is 845. The first-order valence-corrected chi connectivity index (χ1v) is 8.77. The van der Waals surface area contributed by atoms with E-state index in [1.54, 1.807) is 36.4 Å². The second-order valence-corrected chi connectivity index (χ2v) is 6.65. The van der Waals surface area contributed by atoms with Gasteiger partial charge in [-0.3, -0.25) is 4.79 Å². The third-order valence-electron chi connectivity index (χ3n) is 4.44. The molecule has 27 heavy (non-hydrogen) atoms. The molecule has 0 aromatic heterocycles. The monoisotopic (exact) mass is 391 g/mol. The van der Waals surface area contributed by atoms with Crippen molar-refractivity contribution in [1.29, 1.82) is 0 Å². The zero-order valence-corrected chi connectivity index (χ0v) is 15.3. The molecular formula is C19H19ClFN3O3. The van der Waals surface area contributed by atoms with Crippen molar-refractivity contribution in [3.8, 4) is 5.75 Å². The van der Waals surface area contributed by atoms with E-state index in [-0.39, 0.29) is 18.9 Å². The van der Waals surface area contributed by atoms with Gasteiger partial charge in [-0.05, 0) is 35.9 Å². The molecule has 0 radical (unpaired) electrons. The smallest absolute Gasteiger partial charge is 0.319 e. The Morgan fingerprint density at radius 3 is 2.67 bits per heavy atom. The third-order valence-corrected chi connectivity index (χ3v) is 4.69. The van der Waals surface area contributed by atoms with Crippen molar-refractivity contribution in [3.63, 3.8) is 0 Å². The number of benzene rings is 2. The zero-order valence-electron chi connectivity index (χ0n) is 14.6. The van der Waals surface area contributed by atoms with Crippen molar-refractivity contribution in [3.05, 3.63) is 58.9 Å². The lowest BCUT2D eigenvalue weighted by Gasteiger charge is -2.32. The number of hydrogen-bond acceptors (Lipinski definition) is 3. The van der Waals surface area contributed by atoms with Crippen LogP contribution in [0.2, 0.25) is 5.02 Å². The number of halogens is 2. The van der Waals surface area contributed by atoms with Gasteiger partial charge in [0, 0.05) is 35.7 Å². The number of hydrogen-bond donors (Lipinski definition) is 3. The summed E-state index contributed by atoms with van der Waals surface area (Å²) in [6.07, 6.45) is 0.0785. The Labute approximate surface area is 161 Å². The molecule has 2 aromatic carbocycles. The lowest BCUT2D eigenvalue weighted by Crippen LogP contribution is -2.53. The minimum absolute atomic E-state index is 0.0785. The van der Waals surface area contributed by atoms with Crippen molar-refractivity contribution < 1.29 is 18.7 Å². The molecule has 0 aliphatic carbocycles. The Morgan fingerprint density at radius 2 is 2.00 bits per heavy atom. The highest BCUT2D eigenvalue weighted by Gasteiger charge is 2.33. The summed E-state index contributed by atoms with van der Waals surface area (Å²) in [6, 6.07) is 10.2. The van der Waals surface area contributed by atoms with Crippen LogP contribution in [0.25, 0.3) is 0 Å². The van der Waals surface area contributed by atoms with Crippen molar-refractivity contribution in [2.75, 3.05) is 19.0 Å². The Balaban J connectivity index is 1.74. The normalized spacial score (nSPS) is 19.1. The predicted molar refractivity (Wildman–Crippen MR) is 101 cm³/mol. The van der Waals surface area contributed by atoms with Gasteiger partial charge in [0.25, 0.3) is 0 Å². The molecule has 142 valence electrons. The Hall–Kier alpha value is -2.80. The van der Waals surface area contributed by atoms with E-state index in [9.17, 15) is 14.0 Å². The number of carbonyl (C=O) groups excluding carboxylic acids is 2. The maximum absolute atomic E-state index is 14.5. The highest BCUT2D eigenvalue weighted by molar-refractivity contribution is 6.30. The van der Waals surface area contributed by atoms with Crippen LogP contribution in [0.3, 0.4) is 0 Å². The van der Waals surface area contributed by atoms with Gasteiger partial charge in [-0.15, -0.1) is 0 Å². The van der Waals surface area contributed by atoms with E-state index in [1.165, 1.54) is 13.2 Å². The summed E-state index contributed by atoms with van der Waals surface area (Å²) in [4.78, 5) is 24.2. The van der Waals surface area contributed by atoms with Crippen molar-refractivity contribution in [1.82, 2.24) is 10.6 Å². The minimum atomic E-state index is -0.486. The molecule has 2 aromatic rings. The molecule has 0 spiro atoms. The van der Waals surface area contributed by atoms with Crippen LogP contribution in [0.5, 0.6) is 5.75 Å². The van der Waals surface area contributed by atoms with Gasteiger partial charge < -0.3 is 20.7 Å². The summed E-state index contributed by atoms with van der Waals surface area (Å²) in [6.45, 7) is 0.211. The molecule has 0 saturated carbocycles. The Kier molecular flexibility index (Phi) is 5.81. The van der Waals surface area contributed by atoms with Gasteiger partial charge in [-0.25, -0.2) is 9.18 Å². The summed E-state index contributed by atoms with van der Waals surface area (Å²) < 4.78 is 19.5. The molecule has 3 rings (SSSR count). The SMILES string of the molecule is COc1ccc([C@H]2CC(=O)NC[C@@H]2NC(=O)Nc2ccc(Cl)cc2)c(F)c1. The maximum atomic E-state index is 14.5. The number of amides is 3. The van der Waals surface area contributed by atoms with Gasteiger partial charge in [0.2, 0.25) is 5.91 Å². The molecular weight excluding hydrogens is 373 g/mol. The third kappa shape index (κ3) is 4.68. The van der Waals surface area contributed by atoms with Gasteiger partial charge in [-0.1, -0.05) is 17.7 Å². The largest absolute Gasteiger partial charge is 0.497 e. The fraction of sp³-hybridized carbons (Fsp3) is 0.263. The van der Waals surface area contributed by atoms with Gasteiger partial charge in [-0.2, -0.15) is 0 Å². The zero-order chi connectivity index (χ0) is 19.4. The van der Waals surface area contributed by atoms with Crippen molar-refractivity contribution in [2.45, 2.75) is 18.4 Å². The van der Waals surface area contributed by atoms with Crippen LogP contribution in [0.4, 0.5) is 14.9 Å². The topological polar surface area (TPSA) is 79.5 Å². The van der Waals surface area contributed by atoms with E-state index >= 15 is 0 Å². The fourth-order valence-electron chi connectivity index (χ4n) is 3.06. The summed E-state index contributed by atoms with van der Waals surface area (Å²) in [7, 11) is 1.45. The summed E-state index contributed by atoms with van der Waals surface area (Å²) in [5.41, 5.74) is 0.936. The highest BCUT2D eigenvalue weighted by atomic mass is 35.5. The minimum Gasteiger partial charge on any atom is -0.497 e. The number of rotatable bonds is 4. The number of methoxy groups -OCH3 is 1. The molecule has 1 saturated heterocycles. The van der Waals surface area contributed by atoms with Gasteiger partial charge in [0.15, 0.2) is 0 Å². The summed E-state index contributed by atoms with van der Waals surface area (Å²) in [5, 5.41) is 8.77. The van der Waals surface area contributed by atoms with Crippen LogP contribution in [-0.2, 0) is 4.79 Å². The average Bonchev–Trinajstić information content (AvgIpc) is 2.65. The predicted octanol–water partition coefficient (Wildman–Crippen LogP) is 3.28. The quantitative estimate of drug-likeness (QED) is 0.748. The number of anilines is 1. The number of piperidine rings is 1. The summed E-state index contributed by atoms with van der Waals surface area (Å²) >= 11 is 5.83. The number of nitrogens with one attached hydrogen (secondary N) is 3. The molecule has 0 unspecified atom stereocenters. The van der Waals surface area contributed by atoms with Crippen LogP contribution in [0, 0.1) is 5.82 Å². The first-order chi connectivity index (χ1) is 13.0. The molecule has 6 nitrogen and oxygen atoms in total. The van der Waals surface area contributed by atoms with Gasteiger partial charge in [0.05, 0.1) is 13.2 Å². The number of carbonyl (C=O) groups is 2. The van der Waals surface area contributed by atoms with E-state index < -0.39 is 23.8 Å². The highest BCUT2D eigenvalue weighted by Crippen LogP contribution is 2.30. The lowest BCUT2D eigenvalue weighted by molar-refractivity contribution is -0.123. The summed E-state index contributed by atoms with van der Waals surface area (Å²) in [5.74, 6) is -0.757. The van der Waals surface area contributed by atoms with Crippen molar-refractivity contribution in [2.24, 2.45) is 0 Å². The standard InChI is InChI=1S/C19H19ClFN3O3/c1-27-13-6-7-14(16(21)8-13)15-9-18(25)22-10-17(15)24-19(26)23-12-4-2-11(20)3-5-12/h2-8,15,17H,9-10H2,1H3,(H,22,25)(H2,23,24,26)/t15-,17+/m1/s1. The lowest BCUT2D eigenvalue weighted by atomic mass is 9.85. The van der Waals surface area contributed by atoms with Gasteiger partial charge >= 0.3 is 6.03 Å². The van der Waals surface area contributed by atoms with E-state index in [0.29, 0.717) is 22.0 Å². The molecule has 1 aliphatic heterocycles. The van der Waals surface area contributed by atoms with Crippen LogP contribution < -0.4 is 20.7 Å². The maximum Gasteiger partial charge on any atom is 0.319 e. The first-order valence-electron chi connectivity index (χ1n) is 8.39. The molecule has 1 fully saturated rings. The molecule has 3 amide bonds. The fourth-order valence-corrected chi connectivity index (χ4v) is 3.19. The van der Waals surface area contributed by atoms with Crippen LogP contribution in [-0.4, -0.2) is 31.6 Å². The second-order valence-electron chi connectivity index (χ2n) is 6.21. The average molecular weight is 392 g/mol. The van der Waals surface area contributed by atoms with E-state index in [2.05, 4.69) is 16.0 Å². The van der Waals surface area contributed by atoms with Crippen molar-refractivity contribution >= 4 is 29.2 Å². The van der Waals surface area contributed by atoms with E-state index in [4.69, 9.17) is 16.3 Å². The van der Waals surface area contributed by atoms with Crippen LogP contribution >= 0.6 is 11.6 Å². The molecule has 8 heteroatoms. The number of ether oxygens (including phenoxy) is 1. The molecule has 1 aliphatic rings.